The van der Waals surface area contributed by atoms with E-state index in [1.165, 1.54) is 0 Å². The lowest BCUT2D eigenvalue weighted by atomic mass is 10.2. The van der Waals surface area contributed by atoms with Crippen LogP contribution in [0.5, 0.6) is 0 Å². The molecule has 0 radical (unpaired) electrons. The second-order valence-corrected chi connectivity index (χ2v) is 2.95. The van der Waals surface area contributed by atoms with Crippen molar-refractivity contribution in [1.29, 1.82) is 0 Å². The predicted molar refractivity (Wildman–Crippen MR) is 45.7 cm³/mol. The number of nitrogens with two attached hydrogens (primary N) is 2. The largest absolute Gasteiger partial charge is 0.395 e. The molecule has 0 amide bonds. The molecule has 0 aliphatic heterocycles. The smallest absolute Gasteiger partial charge is 0.266 e. The third kappa shape index (κ3) is 1.63. The van der Waals surface area contributed by atoms with E-state index in [9.17, 15) is 8.78 Å². The van der Waals surface area contributed by atoms with Gasteiger partial charge in [-0.1, -0.05) is 0 Å². The number of halogens is 3. The third-order valence-corrected chi connectivity index (χ3v) is 1.73. The summed E-state index contributed by atoms with van der Waals surface area (Å²) in [5.74, 6) is -0.0836. The molecule has 1 rings (SSSR count). The Labute approximate surface area is 75.9 Å². The van der Waals surface area contributed by atoms with Crippen LogP contribution >= 0.6 is 15.9 Å². The lowest BCUT2D eigenvalue weighted by Crippen LogP contribution is -2.03. The molecule has 0 atom stereocenters. The highest BCUT2D eigenvalue weighted by molar-refractivity contribution is 9.10. The van der Waals surface area contributed by atoms with Crippen LogP contribution in [0.1, 0.15) is 12.0 Å². The Kier molecular flexibility index (Phi) is 2.46. The van der Waals surface area contributed by atoms with Crippen molar-refractivity contribution in [2.24, 2.45) is 0 Å². The summed E-state index contributed by atoms with van der Waals surface area (Å²) in [6.07, 6.45) is -2.63. The zero-order chi connectivity index (χ0) is 9.30. The van der Waals surface area contributed by atoms with Crippen LogP contribution in [0.15, 0.2) is 10.7 Å². The number of pyridine rings is 1. The summed E-state index contributed by atoms with van der Waals surface area (Å²) in [6, 6.07) is 1.15. The summed E-state index contributed by atoms with van der Waals surface area (Å²) in [4.78, 5) is 3.65. The van der Waals surface area contributed by atoms with Crippen LogP contribution in [0.3, 0.4) is 0 Å². The Bertz CT molecular complexity index is 303. The highest BCUT2D eigenvalue weighted by atomic mass is 79.9. The Balaban J connectivity index is 3.28. The fraction of sp³-hybridized carbons (Fsp3) is 0.167. The van der Waals surface area contributed by atoms with Gasteiger partial charge in [0.2, 0.25) is 0 Å². The maximum atomic E-state index is 12.2. The van der Waals surface area contributed by atoms with Crippen molar-refractivity contribution in [3.8, 4) is 0 Å². The quantitative estimate of drug-likeness (QED) is 0.735. The van der Waals surface area contributed by atoms with Gasteiger partial charge in [-0.15, -0.1) is 0 Å². The number of hydrogen-bond donors (Lipinski definition) is 2. The molecule has 1 aromatic heterocycles. The molecule has 0 aliphatic rings. The van der Waals surface area contributed by atoms with Crippen molar-refractivity contribution in [2.75, 3.05) is 11.5 Å². The molecule has 3 nitrogen and oxygen atoms in total. The van der Waals surface area contributed by atoms with Crippen molar-refractivity contribution in [1.82, 2.24) is 4.98 Å². The molecule has 0 aliphatic carbocycles. The first-order valence-corrected chi connectivity index (χ1v) is 3.81. The molecular weight excluding hydrogens is 232 g/mol. The van der Waals surface area contributed by atoms with Crippen LogP contribution in [0.2, 0.25) is 0 Å². The highest BCUT2D eigenvalue weighted by Gasteiger charge is 2.14. The summed E-state index contributed by atoms with van der Waals surface area (Å²) in [5, 5.41) is 0. The van der Waals surface area contributed by atoms with E-state index in [2.05, 4.69) is 20.9 Å². The van der Waals surface area contributed by atoms with E-state index in [0.29, 0.717) is 0 Å². The number of nitrogen functional groups attached to an aromatic ring is 2. The number of alkyl halides is 2. The maximum absolute atomic E-state index is 12.2. The number of anilines is 2. The van der Waals surface area contributed by atoms with Crippen molar-refractivity contribution in [3.05, 3.63) is 16.2 Å². The first kappa shape index (κ1) is 9.18. The summed E-state index contributed by atoms with van der Waals surface area (Å²) in [5.41, 5.74) is 10.1. The predicted octanol–water partition coefficient (Wildman–Crippen LogP) is 1.95. The first-order valence-electron chi connectivity index (χ1n) is 3.02. The molecule has 0 saturated heterocycles. The standard InChI is InChI=1S/C6H6BrF2N3/c7-3-1-2(5(8)9)4(10)6(11)12-3/h1,5H,10H2,(H2,11,12). The fourth-order valence-corrected chi connectivity index (χ4v) is 1.18. The monoisotopic (exact) mass is 237 g/mol. The van der Waals surface area contributed by atoms with Crippen LogP contribution in [0.25, 0.3) is 0 Å². The first-order chi connectivity index (χ1) is 5.52. The number of hydrogen-bond acceptors (Lipinski definition) is 3. The molecule has 0 fully saturated rings. The van der Waals surface area contributed by atoms with Crippen molar-refractivity contribution >= 4 is 27.4 Å². The van der Waals surface area contributed by atoms with Gasteiger partial charge in [0.1, 0.15) is 10.4 Å². The van der Waals surface area contributed by atoms with Gasteiger partial charge in [-0.2, -0.15) is 0 Å². The van der Waals surface area contributed by atoms with Crippen LogP contribution in [-0.2, 0) is 0 Å². The van der Waals surface area contributed by atoms with E-state index in [1.54, 1.807) is 0 Å². The second kappa shape index (κ2) is 3.22. The van der Waals surface area contributed by atoms with Gasteiger partial charge in [0.25, 0.3) is 6.43 Å². The van der Waals surface area contributed by atoms with Gasteiger partial charge >= 0.3 is 0 Å². The topological polar surface area (TPSA) is 64.9 Å². The van der Waals surface area contributed by atoms with E-state index < -0.39 is 6.43 Å². The molecule has 12 heavy (non-hydrogen) atoms. The normalized spacial score (nSPS) is 10.7. The molecule has 1 aromatic rings. The number of nitrogens with zero attached hydrogens (tertiary/aromatic N) is 1. The minimum absolute atomic E-state index is 0.0836. The van der Waals surface area contributed by atoms with Gasteiger partial charge < -0.3 is 11.5 Å². The summed E-state index contributed by atoms with van der Waals surface area (Å²) in [7, 11) is 0. The molecule has 6 heteroatoms. The zero-order valence-corrected chi connectivity index (χ0v) is 7.48. The third-order valence-electron chi connectivity index (χ3n) is 1.32. The van der Waals surface area contributed by atoms with Gasteiger partial charge in [-0.25, -0.2) is 13.8 Å². The minimum atomic E-state index is -2.63. The van der Waals surface area contributed by atoms with E-state index in [-0.39, 0.29) is 21.7 Å². The SMILES string of the molecule is Nc1nc(Br)cc(C(F)F)c1N. The molecule has 1 heterocycles. The van der Waals surface area contributed by atoms with Crippen LogP contribution < -0.4 is 11.5 Å². The summed E-state index contributed by atoms with van der Waals surface area (Å²) >= 11 is 2.94. The van der Waals surface area contributed by atoms with E-state index in [1.807, 2.05) is 0 Å². The van der Waals surface area contributed by atoms with Crippen molar-refractivity contribution in [2.45, 2.75) is 6.43 Å². The Morgan fingerprint density at radius 1 is 1.42 bits per heavy atom. The van der Waals surface area contributed by atoms with E-state index in [4.69, 9.17) is 11.5 Å². The molecule has 0 bridgehead atoms. The lowest BCUT2D eigenvalue weighted by molar-refractivity contribution is 0.152. The Morgan fingerprint density at radius 3 is 2.50 bits per heavy atom. The summed E-state index contributed by atoms with van der Waals surface area (Å²) < 4.78 is 24.7. The van der Waals surface area contributed by atoms with Crippen LogP contribution in [0.4, 0.5) is 20.3 Å². The second-order valence-electron chi connectivity index (χ2n) is 2.13. The Hall–Kier alpha value is -0.910. The minimum Gasteiger partial charge on any atom is -0.395 e. The van der Waals surface area contributed by atoms with Crippen LogP contribution in [0, 0.1) is 0 Å². The van der Waals surface area contributed by atoms with Gasteiger partial charge in [0.15, 0.2) is 0 Å². The van der Waals surface area contributed by atoms with E-state index in [0.717, 1.165) is 6.07 Å². The average Bonchev–Trinajstić information content (AvgIpc) is 1.96. The van der Waals surface area contributed by atoms with Gasteiger partial charge in [-0.05, 0) is 22.0 Å². The fourth-order valence-electron chi connectivity index (χ4n) is 0.742. The molecule has 0 spiro atoms. The molecule has 0 saturated carbocycles. The van der Waals surface area contributed by atoms with E-state index >= 15 is 0 Å². The number of aromatic nitrogens is 1. The van der Waals surface area contributed by atoms with Gasteiger partial charge in [0, 0.05) is 5.56 Å². The number of rotatable bonds is 1. The lowest BCUT2D eigenvalue weighted by Gasteiger charge is -2.06. The Morgan fingerprint density at radius 2 is 2.00 bits per heavy atom. The molecule has 0 aromatic carbocycles. The molecule has 4 N–H and O–H groups in total. The van der Waals surface area contributed by atoms with Crippen molar-refractivity contribution in [3.63, 3.8) is 0 Å². The highest BCUT2D eigenvalue weighted by Crippen LogP contribution is 2.30. The van der Waals surface area contributed by atoms with Gasteiger partial charge in [-0.3, -0.25) is 0 Å². The van der Waals surface area contributed by atoms with Crippen molar-refractivity contribution < 1.29 is 8.78 Å². The average molecular weight is 238 g/mol. The van der Waals surface area contributed by atoms with Crippen LogP contribution in [-0.4, -0.2) is 4.98 Å². The summed E-state index contributed by atoms with van der Waals surface area (Å²) in [6.45, 7) is 0. The molecule has 66 valence electrons. The van der Waals surface area contributed by atoms with Gasteiger partial charge in [0.05, 0.1) is 5.69 Å². The molecule has 0 unspecified atom stereocenters. The maximum Gasteiger partial charge on any atom is 0.266 e. The zero-order valence-electron chi connectivity index (χ0n) is 5.89. The molecular formula is C6H6BrF2N3.